The fourth-order valence-corrected chi connectivity index (χ4v) is 15.5. The summed E-state index contributed by atoms with van der Waals surface area (Å²) in [5.74, 6) is -16.5. The van der Waals surface area contributed by atoms with Gasteiger partial charge in [0.15, 0.2) is 11.6 Å². The van der Waals surface area contributed by atoms with E-state index in [0.717, 1.165) is 5.56 Å². The SMILES string of the molecule is C=C(C)NCCCC(C)(NC(=O)[C@@](C)(NC(=O)[C@]1(C)CCCN1C(=O)C(C)(C)NC(=O)[C@](C)(CC(=O)O)CC(=O)C(C)(Cc1cnc[nH]1)NC(=O)[C@@](C)(NC(=O)C(C)(Cc1ccc(C)cc1)NC(=O)C(C)(C)NC(=O)C(C)(CCC(C)=O)CC(=O)C(C)(C)CC(C)=O)C(C)C)C(C)C)C(=O)CC(C)(CC)C(=O)N[C@@](C)(CC(C)C)C(=O)NC(C)(CC(C)=O)C(=O)O. The molecule has 1 saturated heterocycles. The Morgan fingerprint density at radius 3 is 1.45 bits per heavy atom. The van der Waals surface area contributed by atoms with Crippen LogP contribution in [0, 0.1) is 46.3 Å². The van der Waals surface area contributed by atoms with Crippen molar-refractivity contribution in [1.82, 2.24) is 68.0 Å². The number of carbonyl (C=O) groups is 18. The largest absolute Gasteiger partial charge is 0.481 e. The van der Waals surface area contributed by atoms with Crippen molar-refractivity contribution in [3.63, 3.8) is 0 Å². The highest BCUT2D eigenvalue weighted by molar-refractivity contribution is 6.06. The Bertz CT molecular complexity index is 4460. The van der Waals surface area contributed by atoms with Gasteiger partial charge in [-0.15, -0.1) is 0 Å². The molecule has 0 radical (unpaired) electrons. The Labute approximate surface area is 744 Å². The number of aryl methyl sites for hydroxylation is 1. The predicted octanol–water partition coefficient (Wildman–Crippen LogP) is 8.28. The molecule has 2 aromatic rings. The summed E-state index contributed by atoms with van der Waals surface area (Å²) >= 11 is 0. The number of nitrogens with zero attached hydrogens (tertiary/aromatic N) is 2. The molecule has 10 amide bonds. The van der Waals surface area contributed by atoms with E-state index in [1.807, 2.05) is 6.92 Å². The van der Waals surface area contributed by atoms with E-state index in [2.05, 4.69) is 69.7 Å². The van der Waals surface area contributed by atoms with Crippen molar-refractivity contribution in [2.75, 3.05) is 13.1 Å². The number of carboxylic acid groups (broad SMARTS) is 2. The first-order valence-electron chi connectivity index (χ1n) is 43.4. The van der Waals surface area contributed by atoms with Gasteiger partial charge in [0.25, 0.3) is 0 Å². The van der Waals surface area contributed by atoms with Crippen LogP contribution in [0.3, 0.4) is 0 Å². The number of H-pyrrole nitrogens is 1. The quantitative estimate of drug-likeness (QED) is 0.0277. The first-order chi connectivity index (χ1) is 57.2. The molecule has 3 rings (SSSR count). The number of rotatable bonds is 52. The van der Waals surface area contributed by atoms with E-state index in [0.29, 0.717) is 17.8 Å². The maximum Gasteiger partial charge on any atom is 0.329 e. The van der Waals surface area contributed by atoms with Crippen LogP contribution in [-0.4, -0.2) is 199 Å². The molecule has 0 saturated carbocycles. The highest BCUT2D eigenvalue weighted by atomic mass is 16.4. The number of carboxylic acids is 2. The van der Waals surface area contributed by atoms with Crippen molar-refractivity contribution in [1.29, 1.82) is 0 Å². The summed E-state index contributed by atoms with van der Waals surface area (Å²) in [5.41, 5.74) is -23.3. The molecule has 2 heterocycles. The van der Waals surface area contributed by atoms with Crippen LogP contribution in [0.2, 0.25) is 0 Å². The van der Waals surface area contributed by atoms with Crippen LogP contribution in [-0.2, 0) is 99.1 Å². The first kappa shape index (κ1) is 110. The van der Waals surface area contributed by atoms with Crippen molar-refractivity contribution in [3.05, 3.63) is 65.9 Å². The summed E-state index contributed by atoms with van der Waals surface area (Å²) in [5, 5.41) is 49.0. The second-order valence-electron chi connectivity index (χ2n) is 40.9. The van der Waals surface area contributed by atoms with Crippen molar-refractivity contribution >= 4 is 106 Å². The molecule has 1 aliphatic rings. The van der Waals surface area contributed by atoms with Crippen LogP contribution in [0.5, 0.6) is 0 Å². The number of carbonyl (C=O) groups excluding carboxylic acids is 16. The molecule has 0 aliphatic carbocycles. The molecule has 704 valence electrons. The van der Waals surface area contributed by atoms with Gasteiger partial charge in [-0.05, 0) is 193 Å². The van der Waals surface area contributed by atoms with Gasteiger partial charge in [-0.25, -0.2) is 9.78 Å². The van der Waals surface area contributed by atoms with E-state index in [1.54, 1.807) is 93.5 Å². The number of hydrogen-bond donors (Lipinski definition) is 13. The van der Waals surface area contributed by atoms with Crippen molar-refractivity contribution in [2.45, 2.75) is 359 Å². The molecule has 11 atom stereocenters. The Balaban J connectivity index is 2.09. The van der Waals surface area contributed by atoms with E-state index < -0.39 is 209 Å². The second-order valence-corrected chi connectivity index (χ2v) is 40.9. The van der Waals surface area contributed by atoms with E-state index in [9.17, 15) is 58.2 Å². The molecule has 0 spiro atoms. The average Bonchev–Trinajstić information content (AvgIpc) is 1.36. The molecule has 1 aliphatic heterocycles. The van der Waals surface area contributed by atoms with Gasteiger partial charge in [-0.1, -0.05) is 113 Å². The lowest BCUT2D eigenvalue weighted by Crippen LogP contribution is -2.71. The lowest BCUT2D eigenvalue weighted by Gasteiger charge is -2.44. The van der Waals surface area contributed by atoms with Gasteiger partial charge in [0, 0.05) is 87.5 Å². The normalized spacial score (nSPS) is 18.5. The van der Waals surface area contributed by atoms with E-state index in [4.69, 9.17) is 0 Å². The standard InChI is InChI=1S/C93H147N13O20/c1-31-83(20,70(116)100-88(25,44-55(2)3)73(119)101-90(27,79(125)126)46-62(13)109)50-66(111)86(23,39-32-42-95-58(8)9)102-76(122)93(30,57(6)7)105-75(121)91(28)40-33-43-106(91)78(124)82(18,19)98-72(118)85(22,52-68(113)114)51-67(112)87(24,48-64-53-94-54-96-64)103-77(123)92(29,56(4)5)104-74(120)89(26,47-63-36-34-59(10)35-37-63)99-69(115)81(16,17)97-71(117)84(21,41-38-60(11)107)49-65(110)80(14,15)45-61(12)108/h34-37,53-57,95H,8,31-33,38-52H2,1-7,9-30H3,(H,94,96)(H,97,117)(H,98,118)(H,99,115)(H,100,116)(H,101,119)(H,102,122)(H,103,123)(H,104,120)(H,105,121)(H,113,114)(H,125,126)/t83?,84?,85-,86?,87?,88-,89?,90?,91-,92-,93-/m0/s1. The number of nitrogens with one attached hydrogen (secondary N) is 11. The number of likely N-dealkylation sites (tertiary alicyclic amines) is 1. The molecule has 1 fully saturated rings. The third-order valence-electron chi connectivity index (χ3n) is 25.6. The third kappa shape index (κ3) is 28.1. The second kappa shape index (κ2) is 42.0. The zero-order chi connectivity index (χ0) is 97.5. The first-order valence-corrected chi connectivity index (χ1v) is 43.4. The number of Topliss-reactive ketones (excluding diaryl/α,β-unsaturated/α-hetero) is 6. The van der Waals surface area contributed by atoms with Gasteiger partial charge in [-0.2, -0.15) is 0 Å². The summed E-state index contributed by atoms with van der Waals surface area (Å²) in [6.07, 6.45) is -0.995. The Morgan fingerprint density at radius 1 is 0.500 bits per heavy atom. The van der Waals surface area contributed by atoms with E-state index >= 15 is 38.4 Å². The number of aromatic nitrogens is 2. The highest BCUT2D eigenvalue weighted by Gasteiger charge is 2.57. The van der Waals surface area contributed by atoms with Gasteiger partial charge < -0.3 is 78.1 Å². The molecule has 126 heavy (non-hydrogen) atoms. The molecule has 1 aromatic carbocycles. The predicted molar refractivity (Wildman–Crippen MR) is 476 cm³/mol. The minimum Gasteiger partial charge on any atom is -0.481 e. The van der Waals surface area contributed by atoms with Gasteiger partial charge in [0.1, 0.15) is 73.0 Å². The molecule has 33 nitrogen and oxygen atoms in total. The van der Waals surface area contributed by atoms with Crippen LogP contribution >= 0.6 is 0 Å². The smallest absolute Gasteiger partial charge is 0.329 e. The monoisotopic (exact) mass is 1770 g/mol. The average molecular weight is 1770 g/mol. The van der Waals surface area contributed by atoms with Crippen LogP contribution in [0.15, 0.2) is 49.1 Å². The summed E-state index contributed by atoms with van der Waals surface area (Å²) in [4.78, 5) is 266. The fraction of sp³-hybridized carbons (Fsp3) is 0.688. The van der Waals surface area contributed by atoms with Gasteiger partial charge in [0.05, 0.1) is 34.5 Å². The minimum absolute atomic E-state index is 0.00978. The zero-order valence-corrected chi connectivity index (χ0v) is 80.3. The summed E-state index contributed by atoms with van der Waals surface area (Å²) in [7, 11) is 0. The van der Waals surface area contributed by atoms with Crippen molar-refractivity contribution in [2.24, 2.45) is 39.4 Å². The molecular formula is C93H147N13O20. The number of allylic oxidation sites excluding steroid dienone is 1. The van der Waals surface area contributed by atoms with E-state index in [-0.39, 0.29) is 107 Å². The fourth-order valence-electron chi connectivity index (χ4n) is 15.5. The number of amides is 10. The third-order valence-corrected chi connectivity index (χ3v) is 25.6. The Hall–Kier alpha value is -10.4. The Morgan fingerprint density at radius 2 is 0.968 bits per heavy atom. The molecule has 33 heteroatoms. The summed E-state index contributed by atoms with van der Waals surface area (Å²) < 4.78 is 0. The van der Waals surface area contributed by atoms with Crippen LogP contribution in [0.4, 0.5) is 0 Å². The summed E-state index contributed by atoms with van der Waals surface area (Å²) in [6.45, 7) is 47.4. The number of hydrogen-bond acceptors (Lipinski definition) is 20. The number of imidazole rings is 1. The minimum atomic E-state index is -2.23. The molecular weight excluding hydrogens is 1620 g/mol. The molecule has 13 N–H and O–H groups in total. The molecule has 1 aromatic heterocycles. The van der Waals surface area contributed by atoms with Gasteiger partial charge in [-0.3, -0.25) is 76.7 Å². The van der Waals surface area contributed by atoms with Crippen molar-refractivity contribution in [3.8, 4) is 0 Å². The maximum absolute atomic E-state index is 15.6. The number of aliphatic carboxylic acids is 2. The number of aromatic amines is 1. The summed E-state index contributed by atoms with van der Waals surface area (Å²) in [6, 6.07) is 7.05. The van der Waals surface area contributed by atoms with Crippen LogP contribution in [0.1, 0.15) is 301 Å². The van der Waals surface area contributed by atoms with Gasteiger partial charge >= 0.3 is 11.9 Å². The number of ketones is 6. The Kier molecular flexibility index (Phi) is 36.6. The zero-order valence-electron chi connectivity index (χ0n) is 80.3. The molecule has 6 unspecified atom stereocenters. The van der Waals surface area contributed by atoms with Gasteiger partial charge in [0.2, 0.25) is 59.1 Å². The maximum atomic E-state index is 15.6. The van der Waals surface area contributed by atoms with Crippen molar-refractivity contribution < 1.29 is 96.5 Å². The lowest BCUT2D eigenvalue weighted by atomic mass is 9.72. The topological polar surface area (TPSA) is 500 Å². The molecule has 0 bridgehead atoms. The highest BCUT2D eigenvalue weighted by Crippen LogP contribution is 2.40. The van der Waals surface area contributed by atoms with Crippen LogP contribution in [0.25, 0.3) is 0 Å². The van der Waals surface area contributed by atoms with E-state index in [1.165, 1.54) is 142 Å². The van der Waals surface area contributed by atoms with Crippen LogP contribution < -0.4 is 53.2 Å². The lowest BCUT2D eigenvalue weighted by molar-refractivity contribution is -0.154. The number of benzene rings is 1.